The van der Waals surface area contributed by atoms with Crippen LogP contribution in [-0.4, -0.2) is 57.3 Å². The monoisotopic (exact) mass is 838 g/mol. The van der Waals surface area contributed by atoms with E-state index in [1.54, 1.807) is 69.6 Å². The van der Waals surface area contributed by atoms with E-state index < -0.39 is 0 Å². The van der Waals surface area contributed by atoms with E-state index in [0.717, 1.165) is 17.1 Å². The summed E-state index contributed by atoms with van der Waals surface area (Å²) in [5.41, 5.74) is 13.1. The Balaban J connectivity index is 0.000000199. The van der Waals surface area contributed by atoms with Crippen molar-refractivity contribution in [2.24, 2.45) is 5.73 Å². The number of aryl methyl sites for hydroxylation is 3. The molecule has 0 bridgehead atoms. The van der Waals surface area contributed by atoms with Gasteiger partial charge in [-0.15, -0.1) is 0 Å². The van der Waals surface area contributed by atoms with Crippen molar-refractivity contribution in [2.75, 3.05) is 34.3 Å². The molecule has 3 amide bonds. The number of aromatic nitrogens is 3. The van der Waals surface area contributed by atoms with Crippen LogP contribution in [0.1, 0.15) is 80.1 Å². The summed E-state index contributed by atoms with van der Waals surface area (Å²) in [5, 5.41) is 9.66. The lowest BCUT2D eigenvalue weighted by Gasteiger charge is -2.24. The molecule has 60 heavy (non-hydrogen) atoms. The number of nitrogens with zero attached hydrogens (tertiary/aromatic N) is 7. The zero-order chi connectivity index (χ0) is 43.8. The smallest absolute Gasteiger partial charge is 0.258 e. The molecule has 6 rings (SSSR count). The van der Waals surface area contributed by atoms with E-state index in [9.17, 15) is 19.6 Å². The topological polar surface area (TPSA) is 149 Å². The predicted octanol–water partition coefficient (Wildman–Crippen LogP) is 9.33. The number of halogens is 1. The zero-order valence-electron chi connectivity index (χ0n) is 34.5. The van der Waals surface area contributed by atoms with Gasteiger partial charge in [-0.1, -0.05) is 78.4 Å². The molecule has 3 aromatic carbocycles. The van der Waals surface area contributed by atoms with Gasteiger partial charge in [0.15, 0.2) is 0 Å². The molecule has 0 spiro atoms. The van der Waals surface area contributed by atoms with Gasteiger partial charge in [-0.3, -0.25) is 29.3 Å². The van der Waals surface area contributed by atoms with Crippen LogP contribution in [0.2, 0.25) is 5.02 Å². The second-order valence-corrected chi connectivity index (χ2v) is 14.0. The number of carbonyl (C=O) groups excluding carboxylic acids is 3. The third-order valence-corrected chi connectivity index (χ3v) is 9.53. The maximum Gasteiger partial charge on any atom is 0.258 e. The van der Waals surface area contributed by atoms with Crippen molar-refractivity contribution < 1.29 is 14.4 Å². The van der Waals surface area contributed by atoms with Gasteiger partial charge in [0, 0.05) is 72.0 Å². The summed E-state index contributed by atoms with van der Waals surface area (Å²) in [5.74, 6) is -0.257. The van der Waals surface area contributed by atoms with E-state index >= 15 is 0 Å². The number of pyridine rings is 3. The first-order chi connectivity index (χ1) is 28.8. The van der Waals surface area contributed by atoms with E-state index in [1.807, 2.05) is 108 Å². The first-order valence-corrected chi connectivity index (χ1v) is 20.0. The molecule has 306 valence electrons. The molecule has 13 heteroatoms. The fourth-order valence-electron chi connectivity index (χ4n) is 6.03. The van der Waals surface area contributed by atoms with Crippen LogP contribution in [-0.2, 0) is 0 Å². The normalized spacial score (nSPS) is 10.1. The Labute approximate surface area is 362 Å². The molecule has 0 fully saturated rings. The van der Waals surface area contributed by atoms with Crippen LogP contribution < -0.4 is 20.4 Å². The Morgan fingerprint density at radius 2 is 0.950 bits per heavy atom. The van der Waals surface area contributed by atoms with E-state index in [-0.39, 0.29) is 22.7 Å². The molecule has 0 aliphatic carbocycles. The number of hydrogen-bond donors (Lipinski definition) is 1. The Hall–Kier alpha value is -6.81. The molecule has 0 atom stereocenters. The maximum atomic E-state index is 12.7. The molecule has 3 heterocycles. The molecular formula is C47H47ClN8O3S. The highest BCUT2D eigenvalue weighted by Crippen LogP contribution is 2.27. The predicted molar refractivity (Wildman–Crippen MR) is 244 cm³/mol. The van der Waals surface area contributed by atoms with Gasteiger partial charge in [0.25, 0.3) is 17.7 Å². The van der Waals surface area contributed by atoms with Crippen molar-refractivity contribution in [1.82, 2.24) is 15.0 Å². The van der Waals surface area contributed by atoms with E-state index in [4.69, 9.17) is 29.6 Å². The van der Waals surface area contributed by atoms with Crippen molar-refractivity contribution in [3.63, 3.8) is 0 Å². The summed E-state index contributed by atoms with van der Waals surface area (Å²) in [6.07, 6.45) is 4.70. The summed E-state index contributed by atoms with van der Waals surface area (Å²) in [6, 6.07) is 34.9. The van der Waals surface area contributed by atoms with Gasteiger partial charge in [-0.2, -0.15) is 5.26 Å². The van der Waals surface area contributed by atoms with Crippen LogP contribution in [0, 0.1) is 32.1 Å². The zero-order valence-corrected chi connectivity index (χ0v) is 36.0. The third kappa shape index (κ3) is 11.9. The highest BCUT2D eigenvalue weighted by Gasteiger charge is 2.22. The number of amides is 3. The summed E-state index contributed by atoms with van der Waals surface area (Å²) >= 11 is 11.2. The van der Waals surface area contributed by atoms with E-state index in [2.05, 4.69) is 21.0 Å². The van der Waals surface area contributed by atoms with Gasteiger partial charge >= 0.3 is 0 Å². The highest BCUT2D eigenvalue weighted by atomic mass is 35.5. The second-order valence-electron chi connectivity index (χ2n) is 13.2. The molecule has 0 saturated heterocycles. The van der Waals surface area contributed by atoms with E-state index in [1.165, 1.54) is 6.20 Å². The molecule has 2 N–H and O–H groups in total. The molecule has 0 aliphatic heterocycles. The minimum absolute atomic E-state index is 0.0596. The van der Waals surface area contributed by atoms with Crippen LogP contribution in [0.5, 0.6) is 0 Å². The van der Waals surface area contributed by atoms with Crippen LogP contribution in [0.25, 0.3) is 0 Å². The average molecular weight is 839 g/mol. The Morgan fingerprint density at radius 3 is 1.35 bits per heavy atom. The first-order valence-electron chi connectivity index (χ1n) is 19.2. The van der Waals surface area contributed by atoms with Gasteiger partial charge in [-0.05, 0) is 96.1 Å². The van der Waals surface area contributed by atoms with Gasteiger partial charge in [0.1, 0.15) is 11.1 Å². The number of hydrogen-bond acceptors (Lipinski definition) is 8. The maximum absolute atomic E-state index is 12.7. The van der Waals surface area contributed by atoms with Crippen molar-refractivity contribution in [2.45, 2.75) is 41.5 Å². The van der Waals surface area contributed by atoms with Crippen molar-refractivity contribution >= 4 is 63.6 Å². The Kier molecular flexibility index (Phi) is 17.1. The number of benzene rings is 3. The minimum atomic E-state index is -0.116. The minimum Gasteiger partial charge on any atom is -0.389 e. The summed E-state index contributed by atoms with van der Waals surface area (Å²) in [4.78, 5) is 55.3. The molecule has 0 radical (unpaired) electrons. The molecule has 0 unspecified atom stereocenters. The quantitative estimate of drug-likeness (QED) is 0.133. The SMILES string of the molecule is CCN(C(=O)c1ccccc1)c1cc(C)ncc1C#N.CCN(C(=O)c1ccccc1)c1cc(C)ncc1C(N)=S.CCN(C(=O)c1ccccc1)c1cc(C)ncc1Cl. The number of anilines is 3. The van der Waals surface area contributed by atoms with Gasteiger partial charge < -0.3 is 20.4 Å². The van der Waals surface area contributed by atoms with Crippen LogP contribution in [0.4, 0.5) is 17.1 Å². The number of nitriles is 1. The molecular weight excluding hydrogens is 792 g/mol. The largest absolute Gasteiger partial charge is 0.389 e. The number of thiocarbonyl (C=S) groups is 1. The Bertz CT molecular complexity index is 2460. The molecule has 0 saturated carbocycles. The lowest BCUT2D eigenvalue weighted by atomic mass is 10.1. The van der Waals surface area contributed by atoms with Gasteiger partial charge in [0.05, 0.1) is 33.2 Å². The number of carbonyl (C=O) groups is 3. The summed E-state index contributed by atoms with van der Waals surface area (Å²) in [6.45, 7) is 12.9. The molecule has 11 nitrogen and oxygen atoms in total. The standard InChI is InChI=1S/C16H17N3OS.C16H15N3O.C15H15ClN2O/c1-3-19(16(20)12-7-5-4-6-8-12)14-9-11(2)18-10-13(14)15(17)21;1-3-19(16(20)13-7-5-4-6-8-13)15-9-12(2)18-11-14(15)10-17;1-3-18(14-9-11(2)17-10-13(14)16)15(19)12-7-5-4-6-8-12/h4-10H,3H2,1-2H3,(H2,17,21);4-9,11H,3H2,1-2H3;4-10H,3H2,1-2H3. The van der Waals surface area contributed by atoms with Crippen LogP contribution in [0.3, 0.4) is 0 Å². The fraction of sp³-hybridized carbons (Fsp3) is 0.191. The fourth-order valence-corrected chi connectivity index (χ4v) is 6.39. The molecule has 0 aliphatic rings. The Morgan fingerprint density at radius 1 is 0.600 bits per heavy atom. The van der Waals surface area contributed by atoms with Crippen molar-refractivity contribution in [3.05, 3.63) is 178 Å². The molecule has 6 aromatic rings. The average Bonchev–Trinajstić information content (AvgIpc) is 3.27. The molecule has 3 aromatic heterocycles. The third-order valence-electron chi connectivity index (χ3n) is 9.01. The van der Waals surface area contributed by atoms with Gasteiger partial charge in [-0.25, -0.2) is 0 Å². The summed E-state index contributed by atoms with van der Waals surface area (Å²) < 4.78 is 0. The van der Waals surface area contributed by atoms with Gasteiger partial charge in [0.2, 0.25) is 0 Å². The first kappa shape index (κ1) is 45.9. The second kappa shape index (κ2) is 22.4. The van der Waals surface area contributed by atoms with E-state index in [0.29, 0.717) is 69.5 Å². The lowest BCUT2D eigenvalue weighted by Crippen LogP contribution is -2.32. The van der Waals surface area contributed by atoms with Crippen molar-refractivity contribution in [1.29, 1.82) is 5.26 Å². The summed E-state index contributed by atoms with van der Waals surface area (Å²) in [7, 11) is 0. The lowest BCUT2D eigenvalue weighted by molar-refractivity contribution is 0.0980. The van der Waals surface area contributed by atoms with Crippen LogP contribution >= 0.6 is 23.8 Å². The highest BCUT2D eigenvalue weighted by molar-refractivity contribution is 7.80. The number of rotatable bonds is 10. The van der Waals surface area contributed by atoms with Crippen LogP contribution in [0.15, 0.2) is 128 Å². The van der Waals surface area contributed by atoms with Crippen molar-refractivity contribution in [3.8, 4) is 6.07 Å². The number of nitrogens with two attached hydrogens (primary N) is 1.